The van der Waals surface area contributed by atoms with Gasteiger partial charge in [-0.1, -0.05) is 6.92 Å². The first-order valence-corrected chi connectivity index (χ1v) is 9.52. The molecule has 2 rings (SSSR count). The summed E-state index contributed by atoms with van der Waals surface area (Å²) in [7, 11) is 1.63. The third-order valence-corrected chi connectivity index (χ3v) is 5.50. The fourth-order valence-corrected chi connectivity index (χ4v) is 3.86. The summed E-state index contributed by atoms with van der Waals surface area (Å²) in [4.78, 5) is 28.2. The number of hydrogen-bond donors (Lipinski definition) is 1. The maximum absolute atomic E-state index is 12.4. The number of aliphatic carboxylic acids is 1. The third-order valence-electron chi connectivity index (χ3n) is 4.50. The summed E-state index contributed by atoms with van der Waals surface area (Å²) in [6.07, 6.45) is 1.67. The fraction of sp³-hybridized carbons (Fsp3) is 0.556. The molecule has 0 radical (unpaired) electrons. The van der Waals surface area contributed by atoms with Crippen molar-refractivity contribution in [1.29, 1.82) is 0 Å². The van der Waals surface area contributed by atoms with Gasteiger partial charge in [-0.2, -0.15) is 0 Å². The molecule has 7 heteroatoms. The van der Waals surface area contributed by atoms with E-state index in [-0.39, 0.29) is 18.5 Å². The number of hydrogen-bond acceptors (Lipinski definition) is 5. The number of ether oxygens (including phenoxy) is 1. The van der Waals surface area contributed by atoms with Crippen molar-refractivity contribution in [2.24, 2.45) is 0 Å². The molecule has 1 aliphatic heterocycles. The molecule has 1 N–H and O–H groups in total. The Hall–Kier alpha value is -1.73. The first-order valence-electron chi connectivity index (χ1n) is 8.54. The number of benzene rings is 1. The Balaban J connectivity index is 1.77. The van der Waals surface area contributed by atoms with Crippen molar-refractivity contribution in [2.75, 3.05) is 39.0 Å². The highest BCUT2D eigenvalue weighted by Crippen LogP contribution is 2.23. The summed E-state index contributed by atoms with van der Waals surface area (Å²) >= 11 is 1.53. The van der Waals surface area contributed by atoms with Gasteiger partial charge >= 0.3 is 5.97 Å². The Morgan fingerprint density at radius 3 is 2.44 bits per heavy atom. The average molecular weight is 366 g/mol. The van der Waals surface area contributed by atoms with Crippen LogP contribution in [0.15, 0.2) is 29.2 Å². The second kappa shape index (κ2) is 9.68. The highest BCUT2D eigenvalue weighted by Gasteiger charge is 2.27. The molecule has 1 heterocycles. The van der Waals surface area contributed by atoms with Crippen LogP contribution in [0.5, 0.6) is 5.75 Å². The van der Waals surface area contributed by atoms with E-state index < -0.39 is 5.97 Å². The number of carbonyl (C=O) groups excluding carboxylic acids is 1. The lowest BCUT2D eigenvalue weighted by Crippen LogP contribution is -2.48. The van der Waals surface area contributed by atoms with E-state index in [0.717, 1.165) is 30.0 Å². The second-order valence-electron chi connectivity index (χ2n) is 6.03. The molecular formula is C18H26N2O4S. The van der Waals surface area contributed by atoms with E-state index in [1.807, 2.05) is 41.0 Å². The van der Waals surface area contributed by atoms with Gasteiger partial charge in [0.05, 0.1) is 19.4 Å². The molecule has 1 aromatic rings. The van der Waals surface area contributed by atoms with Crippen molar-refractivity contribution in [3.8, 4) is 5.75 Å². The molecule has 0 atom stereocenters. The predicted molar refractivity (Wildman–Crippen MR) is 98.2 cm³/mol. The summed E-state index contributed by atoms with van der Waals surface area (Å²) in [5.41, 5.74) is 0. The standard InChI is InChI=1S/C18H26N2O4S/c1-3-19(12-18(22)23)14-8-10-20(11-9-14)17(21)13-25-16-6-4-15(24-2)5-7-16/h4-7,14H,3,8-13H2,1-2H3,(H,22,23). The van der Waals surface area contributed by atoms with Gasteiger partial charge in [0, 0.05) is 24.0 Å². The van der Waals surface area contributed by atoms with E-state index in [0.29, 0.717) is 18.8 Å². The number of methoxy groups -OCH3 is 1. The minimum atomic E-state index is -0.795. The SMILES string of the molecule is CCN(CC(=O)O)C1CCN(C(=O)CSc2ccc(OC)cc2)CC1. The minimum absolute atomic E-state index is 0.0719. The Kier molecular flexibility index (Phi) is 7.58. The minimum Gasteiger partial charge on any atom is -0.497 e. The van der Waals surface area contributed by atoms with Gasteiger partial charge in [0.15, 0.2) is 0 Å². The highest BCUT2D eigenvalue weighted by molar-refractivity contribution is 8.00. The molecular weight excluding hydrogens is 340 g/mol. The van der Waals surface area contributed by atoms with E-state index in [9.17, 15) is 9.59 Å². The van der Waals surface area contributed by atoms with Crippen molar-refractivity contribution in [3.63, 3.8) is 0 Å². The smallest absolute Gasteiger partial charge is 0.317 e. The highest BCUT2D eigenvalue weighted by atomic mass is 32.2. The molecule has 6 nitrogen and oxygen atoms in total. The third kappa shape index (κ3) is 5.93. The molecule has 1 aliphatic rings. The quantitative estimate of drug-likeness (QED) is 0.711. The largest absolute Gasteiger partial charge is 0.497 e. The second-order valence-corrected chi connectivity index (χ2v) is 7.08. The summed E-state index contributed by atoms with van der Waals surface area (Å²) in [6.45, 7) is 4.16. The van der Waals surface area contributed by atoms with E-state index in [1.165, 1.54) is 11.8 Å². The van der Waals surface area contributed by atoms with Crippen molar-refractivity contribution >= 4 is 23.6 Å². The maximum atomic E-state index is 12.4. The number of thioether (sulfide) groups is 1. The molecule has 1 saturated heterocycles. The fourth-order valence-electron chi connectivity index (χ4n) is 3.06. The molecule has 25 heavy (non-hydrogen) atoms. The molecule has 1 aromatic carbocycles. The van der Waals surface area contributed by atoms with Crippen LogP contribution in [0.1, 0.15) is 19.8 Å². The molecule has 138 valence electrons. The number of carboxylic acids is 1. The van der Waals surface area contributed by atoms with Crippen molar-refractivity contribution in [1.82, 2.24) is 9.80 Å². The maximum Gasteiger partial charge on any atom is 0.317 e. The number of likely N-dealkylation sites (N-methyl/N-ethyl adjacent to an activating group) is 1. The topological polar surface area (TPSA) is 70.1 Å². The summed E-state index contributed by atoms with van der Waals surface area (Å²) < 4.78 is 5.13. The summed E-state index contributed by atoms with van der Waals surface area (Å²) in [5.74, 6) is 0.570. The zero-order chi connectivity index (χ0) is 18.2. The van der Waals surface area contributed by atoms with Crippen LogP contribution in [0.4, 0.5) is 0 Å². The van der Waals surface area contributed by atoms with Crippen molar-refractivity contribution < 1.29 is 19.4 Å². The van der Waals surface area contributed by atoms with Crippen LogP contribution in [0.3, 0.4) is 0 Å². The number of carbonyl (C=O) groups is 2. The molecule has 0 aromatic heterocycles. The predicted octanol–water partition coefficient (Wildman–Crippen LogP) is 2.18. The Labute approximate surface area is 153 Å². The number of carboxylic acid groups (broad SMARTS) is 1. The van der Waals surface area contributed by atoms with Crippen LogP contribution in [-0.4, -0.2) is 71.9 Å². The molecule has 0 bridgehead atoms. The molecule has 1 amide bonds. The number of piperidine rings is 1. The Morgan fingerprint density at radius 1 is 1.28 bits per heavy atom. The van der Waals surface area contributed by atoms with Gasteiger partial charge < -0.3 is 14.7 Å². The van der Waals surface area contributed by atoms with Crippen LogP contribution in [-0.2, 0) is 9.59 Å². The van der Waals surface area contributed by atoms with Gasteiger partial charge in [0.25, 0.3) is 0 Å². The monoisotopic (exact) mass is 366 g/mol. The van der Waals surface area contributed by atoms with E-state index in [2.05, 4.69) is 0 Å². The number of nitrogens with zero attached hydrogens (tertiary/aromatic N) is 2. The van der Waals surface area contributed by atoms with Crippen LogP contribution in [0, 0.1) is 0 Å². The molecule has 0 aliphatic carbocycles. The average Bonchev–Trinajstić information content (AvgIpc) is 2.64. The van der Waals surface area contributed by atoms with Gasteiger partial charge in [0.2, 0.25) is 5.91 Å². The van der Waals surface area contributed by atoms with Gasteiger partial charge in [0.1, 0.15) is 5.75 Å². The van der Waals surface area contributed by atoms with E-state index in [1.54, 1.807) is 7.11 Å². The zero-order valence-electron chi connectivity index (χ0n) is 14.8. The summed E-state index contributed by atoms with van der Waals surface area (Å²) in [5, 5.41) is 8.98. The van der Waals surface area contributed by atoms with Crippen molar-refractivity contribution in [3.05, 3.63) is 24.3 Å². The number of likely N-dealkylation sites (tertiary alicyclic amines) is 1. The molecule has 0 saturated carbocycles. The van der Waals surface area contributed by atoms with Crippen LogP contribution in [0.2, 0.25) is 0 Å². The first kappa shape index (κ1) is 19.6. The summed E-state index contributed by atoms with van der Waals surface area (Å²) in [6, 6.07) is 7.93. The Morgan fingerprint density at radius 2 is 1.92 bits per heavy atom. The van der Waals surface area contributed by atoms with E-state index >= 15 is 0 Å². The lowest BCUT2D eigenvalue weighted by molar-refractivity contribution is -0.140. The normalized spacial score (nSPS) is 15.4. The lowest BCUT2D eigenvalue weighted by Gasteiger charge is -2.37. The van der Waals surface area contributed by atoms with Crippen LogP contribution >= 0.6 is 11.8 Å². The van der Waals surface area contributed by atoms with Crippen molar-refractivity contribution in [2.45, 2.75) is 30.7 Å². The number of amides is 1. The van der Waals surface area contributed by atoms with Gasteiger partial charge in [-0.05, 0) is 43.7 Å². The Bertz CT molecular complexity index is 571. The van der Waals surface area contributed by atoms with Crippen LogP contribution in [0.25, 0.3) is 0 Å². The zero-order valence-corrected chi connectivity index (χ0v) is 15.6. The van der Waals surface area contributed by atoms with Gasteiger partial charge in [-0.3, -0.25) is 14.5 Å². The van der Waals surface area contributed by atoms with Gasteiger partial charge in [-0.15, -0.1) is 11.8 Å². The lowest BCUT2D eigenvalue weighted by atomic mass is 10.0. The first-order chi connectivity index (χ1) is 12.0. The molecule has 1 fully saturated rings. The van der Waals surface area contributed by atoms with Crippen LogP contribution < -0.4 is 4.74 Å². The van der Waals surface area contributed by atoms with E-state index in [4.69, 9.17) is 9.84 Å². The number of rotatable bonds is 8. The molecule has 0 unspecified atom stereocenters. The van der Waals surface area contributed by atoms with Gasteiger partial charge in [-0.25, -0.2) is 0 Å². The molecule has 0 spiro atoms.